The van der Waals surface area contributed by atoms with Crippen molar-refractivity contribution in [2.24, 2.45) is 0 Å². The maximum absolute atomic E-state index is 10.7. The summed E-state index contributed by atoms with van der Waals surface area (Å²) >= 11 is 1.81. The normalized spacial score (nSPS) is 13.1. The Balaban J connectivity index is 2.16. The fraction of sp³-hybridized carbons (Fsp3) is 0.556. The van der Waals surface area contributed by atoms with Crippen LogP contribution >= 0.6 is 11.3 Å². The highest BCUT2D eigenvalue weighted by molar-refractivity contribution is 7.84. The third-order valence-corrected chi connectivity index (χ3v) is 3.44. The summed E-state index contributed by atoms with van der Waals surface area (Å²) in [5.74, 6) is 0.740. The van der Waals surface area contributed by atoms with Crippen LogP contribution < -0.4 is 5.32 Å². The molecule has 0 aliphatic carbocycles. The first-order valence-corrected chi connectivity index (χ1v) is 6.79. The Morgan fingerprint density at radius 2 is 2.31 bits per heavy atom. The SMILES string of the molecule is Cc1ccc(CNCC[S@@](C)=O)s1. The Morgan fingerprint density at radius 1 is 1.54 bits per heavy atom. The predicted molar refractivity (Wildman–Crippen MR) is 59.7 cm³/mol. The van der Waals surface area contributed by atoms with Crippen molar-refractivity contribution in [1.82, 2.24) is 5.32 Å². The molecule has 0 saturated heterocycles. The van der Waals surface area contributed by atoms with Gasteiger partial charge >= 0.3 is 0 Å². The minimum atomic E-state index is -0.677. The molecule has 74 valence electrons. The second kappa shape index (κ2) is 5.52. The van der Waals surface area contributed by atoms with Gasteiger partial charge in [0.1, 0.15) is 0 Å². The zero-order chi connectivity index (χ0) is 9.68. The van der Waals surface area contributed by atoms with Crippen molar-refractivity contribution in [3.63, 3.8) is 0 Å². The van der Waals surface area contributed by atoms with Crippen molar-refractivity contribution < 1.29 is 4.21 Å². The van der Waals surface area contributed by atoms with Gasteiger partial charge in [0.2, 0.25) is 0 Å². The average Bonchev–Trinajstić information content (AvgIpc) is 2.45. The Bertz CT molecular complexity index is 283. The summed E-state index contributed by atoms with van der Waals surface area (Å²) in [6.45, 7) is 3.84. The molecule has 0 radical (unpaired) electrons. The van der Waals surface area contributed by atoms with E-state index in [1.807, 2.05) is 11.3 Å². The number of aryl methyl sites for hydroxylation is 1. The van der Waals surface area contributed by atoms with Crippen molar-refractivity contribution in [2.75, 3.05) is 18.6 Å². The minimum absolute atomic E-state index is 0.677. The molecule has 1 aromatic heterocycles. The molecule has 4 heteroatoms. The molecule has 0 amide bonds. The van der Waals surface area contributed by atoms with Crippen LogP contribution in [0.4, 0.5) is 0 Å². The Kier molecular flexibility index (Phi) is 4.62. The van der Waals surface area contributed by atoms with E-state index < -0.39 is 10.8 Å². The lowest BCUT2D eigenvalue weighted by Crippen LogP contribution is -2.18. The van der Waals surface area contributed by atoms with Gasteiger partial charge in [-0.05, 0) is 19.1 Å². The van der Waals surface area contributed by atoms with Gasteiger partial charge in [-0.25, -0.2) is 0 Å². The van der Waals surface area contributed by atoms with Gasteiger partial charge in [-0.2, -0.15) is 0 Å². The van der Waals surface area contributed by atoms with Crippen molar-refractivity contribution in [2.45, 2.75) is 13.5 Å². The number of hydrogen-bond acceptors (Lipinski definition) is 3. The van der Waals surface area contributed by atoms with Gasteiger partial charge in [-0.15, -0.1) is 11.3 Å². The first kappa shape index (κ1) is 10.9. The second-order valence-corrected chi connectivity index (χ2v) is 5.89. The van der Waals surface area contributed by atoms with E-state index in [1.54, 1.807) is 6.26 Å². The predicted octanol–water partition coefficient (Wildman–Crippen LogP) is 1.52. The van der Waals surface area contributed by atoms with Gasteiger partial charge in [0.05, 0.1) is 0 Å². The third-order valence-electron chi connectivity index (χ3n) is 1.66. The average molecular weight is 217 g/mol. The summed E-state index contributed by atoms with van der Waals surface area (Å²) in [7, 11) is -0.677. The fourth-order valence-electron chi connectivity index (χ4n) is 1.01. The van der Waals surface area contributed by atoms with E-state index in [4.69, 9.17) is 0 Å². The number of thiophene rings is 1. The zero-order valence-electron chi connectivity index (χ0n) is 8.00. The van der Waals surface area contributed by atoms with Crippen LogP contribution in [0, 0.1) is 6.92 Å². The molecule has 0 aromatic carbocycles. The van der Waals surface area contributed by atoms with Gasteiger partial charge in [0.25, 0.3) is 0 Å². The number of hydrogen-bond donors (Lipinski definition) is 1. The lowest BCUT2D eigenvalue weighted by molar-refractivity contribution is 0.678. The van der Waals surface area contributed by atoms with E-state index in [0.29, 0.717) is 0 Å². The molecule has 0 fully saturated rings. The largest absolute Gasteiger partial charge is 0.311 e. The minimum Gasteiger partial charge on any atom is -0.311 e. The highest BCUT2D eigenvalue weighted by Crippen LogP contribution is 2.14. The Morgan fingerprint density at radius 3 is 2.85 bits per heavy atom. The zero-order valence-corrected chi connectivity index (χ0v) is 9.63. The Labute approximate surface area is 85.8 Å². The van der Waals surface area contributed by atoms with Crippen molar-refractivity contribution in [1.29, 1.82) is 0 Å². The molecule has 1 atom stereocenters. The van der Waals surface area contributed by atoms with Gasteiger partial charge in [-0.1, -0.05) is 0 Å². The molecule has 0 spiro atoms. The number of nitrogens with one attached hydrogen (secondary N) is 1. The molecule has 0 saturated carbocycles. The van der Waals surface area contributed by atoms with E-state index in [2.05, 4.69) is 24.4 Å². The van der Waals surface area contributed by atoms with Crippen LogP contribution in [0.3, 0.4) is 0 Å². The maximum Gasteiger partial charge on any atom is 0.0357 e. The molecule has 2 nitrogen and oxygen atoms in total. The molecule has 1 heterocycles. The van der Waals surface area contributed by atoms with E-state index in [0.717, 1.165) is 18.8 Å². The summed E-state index contributed by atoms with van der Waals surface area (Å²) in [5, 5.41) is 3.26. The monoisotopic (exact) mass is 217 g/mol. The molecule has 1 rings (SSSR count). The van der Waals surface area contributed by atoms with Crippen molar-refractivity contribution in [3.05, 3.63) is 21.9 Å². The molecule has 0 unspecified atom stereocenters. The van der Waals surface area contributed by atoms with Crippen LogP contribution in [0.5, 0.6) is 0 Å². The van der Waals surface area contributed by atoms with E-state index in [-0.39, 0.29) is 0 Å². The highest BCUT2D eigenvalue weighted by atomic mass is 32.2. The molecular formula is C9H15NOS2. The van der Waals surface area contributed by atoms with Gasteiger partial charge in [0, 0.05) is 45.7 Å². The summed E-state index contributed by atoms with van der Waals surface area (Å²) in [6.07, 6.45) is 1.73. The standard InChI is InChI=1S/C9H15NOS2/c1-8-3-4-9(12-8)7-10-5-6-13(2)11/h3-4,10H,5-7H2,1-2H3/t13-/m1/s1. The van der Waals surface area contributed by atoms with Crippen molar-refractivity contribution in [3.8, 4) is 0 Å². The first-order chi connectivity index (χ1) is 6.18. The van der Waals surface area contributed by atoms with Crippen LogP contribution in [0.15, 0.2) is 12.1 Å². The van der Waals surface area contributed by atoms with Gasteiger partial charge in [-0.3, -0.25) is 4.21 Å². The lowest BCUT2D eigenvalue weighted by atomic mass is 10.4. The molecule has 1 N–H and O–H groups in total. The first-order valence-electron chi connectivity index (χ1n) is 4.24. The smallest absolute Gasteiger partial charge is 0.0357 e. The summed E-state index contributed by atoms with van der Waals surface area (Å²) in [6, 6.07) is 4.26. The molecule has 0 aliphatic rings. The van der Waals surface area contributed by atoms with E-state index >= 15 is 0 Å². The van der Waals surface area contributed by atoms with Crippen LogP contribution in [0.25, 0.3) is 0 Å². The molecular weight excluding hydrogens is 202 g/mol. The van der Waals surface area contributed by atoms with Crippen LogP contribution in [-0.4, -0.2) is 22.8 Å². The number of rotatable bonds is 5. The molecule has 1 aromatic rings. The lowest BCUT2D eigenvalue weighted by Gasteiger charge is -2.00. The second-order valence-electron chi connectivity index (χ2n) is 2.97. The van der Waals surface area contributed by atoms with E-state index in [1.165, 1.54) is 9.75 Å². The summed E-state index contributed by atoms with van der Waals surface area (Å²) in [4.78, 5) is 2.69. The summed E-state index contributed by atoms with van der Waals surface area (Å²) < 4.78 is 10.7. The Hall–Kier alpha value is -0.190. The van der Waals surface area contributed by atoms with Crippen LogP contribution in [0.2, 0.25) is 0 Å². The molecule has 0 aliphatic heterocycles. The van der Waals surface area contributed by atoms with Gasteiger partial charge in [0.15, 0.2) is 0 Å². The maximum atomic E-state index is 10.7. The fourth-order valence-corrected chi connectivity index (χ4v) is 2.30. The quantitative estimate of drug-likeness (QED) is 0.758. The van der Waals surface area contributed by atoms with Crippen LogP contribution in [-0.2, 0) is 17.3 Å². The summed E-state index contributed by atoms with van der Waals surface area (Å²) in [5.41, 5.74) is 0. The van der Waals surface area contributed by atoms with Crippen molar-refractivity contribution >= 4 is 22.1 Å². The highest BCUT2D eigenvalue weighted by Gasteiger charge is 1.96. The molecule has 13 heavy (non-hydrogen) atoms. The van der Waals surface area contributed by atoms with Gasteiger partial charge < -0.3 is 5.32 Å². The molecule has 0 bridgehead atoms. The third kappa shape index (κ3) is 4.55. The van der Waals surface area contributed by atoms with E-state index in [9.17, 15) is 4.21 Å². The van der Waals surface area contributed by atoms with Crippen LogP contribution in [0.1, 0.15) is 9.75 Å². The topological polar surface area (TPSA) is 29.1 Å².